The minimum atomic E-state index is -0.351. The summed E-state index contributed by atoms with van der Waals surface area (Å²) >= 11 is 3.47. The van der Waals surface area contributed by atoms with Crippen molar-refractivity contribution in [3.8, 4) is 0 Å². The van der Waals surface area contributed by atoms with Gasteiger partial charge in [0.1, 0.15) is 6.10 Å². The number of carbonyl (C=O) groups is 2. The van der Waals surface area contributed by atoms with Crippen LogP contribution in [0.1, 0.15) is 63.4 Å². The minimum absolute atomic E-state index is 0.000742. The number of Topliss-reactive ketones (excluding diaryl/α,β-unsaturated/α-hetero) is 1. The maximum atomic E-state index is 13.1. The van der Waals surface area contributed by atoms with E-state index in [1.807, 2.05) is 31.2 Å². The fourth-order valence-corrected chi connectivity index (χ4v) is 4.73. The van der Waals surface area contributed by atoms with Gasteiger partial charge in [0.05, 0.1) is 5.57 Å². The van der Waals surface area contributed by atoms with Gasteiger partial charge in [-0.1, -0.05) is 28.1 Å². The van der Waals surface area contributed by atoms with E-state index in [0.29, 0.717) is 12.0 Å². The largest absolute Gasteiger partial charge is 0.459 e. The van der Waals surface area contributed by atoms with Crippen LogP contribution in [0.2, 0.25) is 0 Å². The fourth-order valence-electron chi connectivity index (χ4n) is 4.46. The summed E-state index contributed by atoms with van der Waals surface area (Å²) < 4.78 is 6.80. The van der Waals surface area contributed by atoms with E-state index < -0.39 is 0 Å². The summed E-state index contributed by atoms with van der Waals surface area (Å²) in [6.07, 6.45) is 6.32. The van der Waals surface area contributed by atoms with Gasteiger partial charge >= 0.3 is 5.97 Å². The first-order chi connectivity index (χ1) is 13.0. The summed E-state index contributed by atoms with van der Waals surface area (Å²) in [4.78, 5) is 25.9. The maximum absolute atomic E-state index is 13.1. The van der Waals surface area contributed by atoms with Crippen LogP contribution in [0.25, 0.3) is 0 Å². The molecule has 0 radical (unpaired) electrons. The van der Waals surface area contributed by atoms with Gasteiger partial charge in [-0.2, -0.15) is 0 Å². The Labute approximate surface area is 168 Å². The van der Waals surface area contributed by atoms with E-state index in [1.165, 1.54) is 0 Å². The molecule has 2 aliphatic carbocycles. The number of carbonyl (C=O) groups excluding carboxylic acids is 2. The highest BCUT2D eigenvalue weighted by Crippen LogP contribution is 2.43. The van der Waals surface area contributed by atoms with Gasteiger partial charge in [0, 0.05) is 33.8 Å². The van der Waals surface area contributed by atoms with Crippen LogP contribution in [0, 0.1) is 0 Å². The molecule has 1 N–H and O–H groups in total. The molecule has 1 fully saturated rings. The Balaban J connectivity index is 1.75. The number of benzene rings is 1. The summed E-state index contributed by atoms with van der Waals surface area (Å²) in [7, 11) is 0. The molecule has 0 unspecified atom stereocenters. The lowest BCUT2D eigenvalue weighted by Crippen LogP contribution is -2.35. The highest BCUT2D eigenvalue weighted by atomic mass is 79.9. The molecule has 5 heteroatoms. The number of allylic oxidation sites excluding steroid dienone is 3. The molecule has 0 aromatic heterocycles. The molecule has 1 aromatic rings. The molecular weight excluding hydrogens is 406 g/mol. The zero-order chi connectivity index (χ0) is 19.0. The van der Waals surface area contributed by atoms with Gasteiger partial charge in [-0.3, -0.25) is 4.79 Å². The molecule has 3 aliphatic rings. The SMILES string of the molecule is CC1=C(C(=O)OC2CCCC2)[C@H](c2ccc(Br)cc2)C2=C(CCCC2=O)N1. The summed E-state index contributed by atoms with van der Waals surface area (Å²) in [5.74, 6) is -0.504. The number of dihydropyridines is 1. The van der Waals surface area contributed by atoms with Crippen molar-refractivity contribution in [2.45, 2.75) is 63.9 Å². The Morgan fingerprint density at radius 2 is 1.81 bits per heavy atom. The van der Waals surface area contributed by atoms with Crippen molar-refractivity contribution in [2.24, 2.45) is 0 Å². The second-order valence-corrected chi connectivity index (χ2v) is 8.54. The maximum Gasteiger partial charge on any atom is 0.337 e. The van der Waals surface area contributed by atoms with Crippen molar-refractivity contribution in [3.63, 3.8) is 0 Å². The number of ether oxygens (including phenoxy) is 1. The van der Waals surface area contributed by atoms with Crippen molar-refractivity contribution in [3.05, 3.63) is 56.8 Å². The molecule has 1 aliphatic heterocycles. The molecule has 0 bridgehead atoms. The molecule has 0 amide bonds. The normalized spacial score (nSPS) is 23.3. The van der Waals surface area contributed by atoms with Crippen LogP contribution in [0.5, 0.6) is 0 Å². The third kappa shape index (κ3) is 3.62. The van der Waals surface area contributed by atoms with Crippen LogP contribution in [0.15, 0.2) is 51.3 Å². The van der Waals surface area contributed by atoms with E-state index in [-0.39, 0.29) is 23.8 Å². The predicted octanol–water partition coefficient (Wildman–Crippen LogP) is 4.90. The molecule has 0 spiro atoms. The summed E-state index contributed by atoms with van der Waals surface area (Å²) in [6, 6.07) is 7.89. The van der Waals surface area contributed by atoms with E-state index in [0.717, 1.165) is 65.5 Å². The van der Waals surface area contributed by atoms with Gasteiger partial charge in [0.15, 0.2) is 5.78 Å². The molecule has 1 atom stereocenters. The average Bonchev–Trinajstić information content (AvgIpc) is 3.14. The first-order valence-corrected chi connectivity index (χ1v) is 10.5. The highest BCUT2D eigenvalue weighted by molar-refractivity contribution is 9.10. The van der Waals surface area contributed by atoms with Crippen LogP contribution < -0.4 is 5.32 Å². The van der Waals surface area contributed by atoms with Crippen LogP contribution >= 0.6 is 15.9 Å². The number of hydrogen-bond donors (Lipinski definition) is 1. The average molecular weight is 430 g/mol. The molecule has 1 aromatic carbocycles. The fraction of sp³-hybridized carbons (Fsp3) is 0.455. The second-order valence-electron chi connectivity index (χ2n) is 7.63. The van der Waals surface area contributed by atoms with Gasteiger partial charge in [-0.25, -0.2) is 4.79 Å². The molecule has 27 heavy (non-hydrogen) atoms. The van der Waals surface area contributed by atoms with Crippen molar-refractivity contribution >= 4 is 27.7 Å². The van der Waals surface area contributed by atoms with Crippen LogP contribution in [0.3, 0.4) is 0 Å². The Bertz CT molecular complexity index is 832. The Hall–Kier alpha value is -1.88. The number of hydrogen-bond acceptors (Lipinski definition) is 4. The first kappa shape index (κ1) is 18.5. The van der Waals surface area contributed by atoms with Gasteiger partial charge in [0.2, 0.25) is 0 Å². The summed E-state index contributed by atoms with van der Waals surface area (Å²) in [6.45, 7) is 1.92. The van der Waals surface area contributed by atoms with E-state index in [4.69, 9.17) is 4.74 Å². The van der Waals surface area contributed by atoms with Crippen LogP contribution in [-0.2, 0) is 14.3 Å². The van der Waals surface area contributed by atoms with E-state index >= 15 is 0 Å². The minimum Gasteiger partial charge on any atom is -0.459 e. The van der Waals surface area contributed by atoms with Crippen molar-refractivity contribution in [1.82, 2.24) is 5.32 Å². The Morgan fingerprint density at radius 3 is 2.52 bits per heavy atom. The third-order valence-corrected chi connectivity index (χ3v) is 6.30. The third-order valence-electron chi connectivity index (χ3n) is 5.78. The quantitative estimate of drug-likeness (QED) is 0.693. The number of rotatable bonds is 3. The number of nitrogens with one attached hydrogen (secondary N) is 1. The molecule has 142 valence electrons. The van der Waals surface area contributed by atoms with Crippen LogP contribution in [-0.4, -0.2) is 17.9 Å². The van der Waals surface area contributed by atoms with Gasteiger partial charge in [0.25, 0.3) is 0 Å². The standard InChI is InChI=1S/C22H24BrNO3/c1-13-19(22(26)27-16-5-2-3-6-16)20(14-9-11-15(23)12-10-14)21-17(24-13)7-4-8-18(21)25/h9-12,16,20,24H,2-8H2,1H3/t20-/m0/s1. The molecule has 4 nitrogen and oxygen atoms in total. The van der Waals surface area contributed by atoms with Crippen molar-refractivity contribution < 1.29 is 14.3 Å². The monoisotopic (exact) mass is 429 g/mol. The van der Waals surface area contributed by atoms with Crippen molar-refractivity contribution in [2.75, 3.05) is 0 Å². The summed E-state index contributed by atoms with van der Waals surface area (Å²) in [5, 5.41) is 3.34. The smallest absolute Gasteiger partial charge is 0.337 e. The Kier molecular flexibility index (Phi) is 5.22. The van der Waals surface area contributed by atoms with Crippen LogP contribution in [0.4, 0.5) is 0 Å². The molecule has 0 saturated heterocycles. The molecular formula is C22H24BrNO3. The molecule has 4 rings (SSSR count). The molecule has 1 heterocycles. The zero-order valence-electron chi connectivity index (χ0n) is 15.5. The predicted molar refractivity (Wildman–Crippen MR) is 107 cm³/mol. The number of esters is 1. The number of halogens is 1. The van der Waals surface area contributed by atoms with E-state index in [1.54, 1.807) is 0 Å². The van der Waals surface area contributed by atoms with Gasteiger partial charge in [-0.05, 0) is 63.1 Å². The van der Waals surface area contributed by atoms with Gasteiger partial charge < -0.3 is 10.1 Å². The number of ketones is 1. The van der Waals surface area contributed by atoms with E-state index in [2.05, 4.69) is 21.2 Å². The van der Waals surface area contributed by atoms with E-state index in [9.17, 15) is 9.59 Å². The van der Waals surface area contributed by atoms with Gasteiger partial charge in [-0.15, -0.1) is 0 Å². The molecule has 1 saturated carbocycles. The topological polar surface area (TPSA) is 55.4 Å². The zero-order valence-corrected chi connectivity index (χ0v) is 17.1. The Morgan fingerprint density at radius 1 is 1.11 bits per heavy atom. The van der Waals surface area contributed by atoms with Crippen molar-refractivity contribution in [1.29, 1.82) is 0 Å². The lowest BCUT2D eigenvalue weighted by atomic mass is 9.75. The highest BCUT2D eigenvalue weighted by Gasteiger charge is 2.39. The lowest BCUT2D eigenvalue weighted by molar-refractivity contribution is -0.144. The second kappa shape index (κ2) is 7.63. The lowest BCUT2D eigenvalue weighted by Gasteiger charge is -2.34. The first-order valence-electron chi connectivity index (χ1n) is 9.75. The summed E-state index contributed by atoms with van der Waals surface area (Å²) in [5.41, 5.74) is 4.05.